The Morgan fingerprint density at radius 3 is 2.41 bits per heavy atom. The summed E-state index contributed by atoms with van der Waals surface area (Å²) < 4.78 is 2.33. The van der Waals surface area contributed by atoms with Crippen molar-refractivity contribution >= 4 is 6.34 Å². The van der Waals surface area contributed by atoms with E-state index in [1.165, 1.54) is 22.3 Å². The first-order chi connectivity index (χ1) is 13.8. The van der Waals surface area contributed by atoms with Gasteiger partial charge in [0.2, 0.25) is 0 Å². The molecule has 0 fully saturated rings. The molecule has 5 rings (SSSR count). The standard InChI is InChI=1S/C25H27N4.CH3.Ir.Y/c1-16-9-8-10-17(2)21(16)20-13-26-23-19-12-7-6-11-18(19)22-24(29(20)23)27-15-28(22)14-25(3,4)5;;;/h6-11,13,15,22,24H,14H2,1-5H3;1H3;;/q2*-1;;. The van der Waals surface area contributed by atoms with Crippen LogP contribution in [-0.2, 0) is 52.8 Å². The Morgan fingerprint density at radius 1 is 1.06 bits per heavy atom. The average molecular weight is 680 g/mol. The van der Waals surface area contributed by atoms with E-state index in [-0.39, 0.29) is 77.9 Å². The van der Waals surface area contributed by atoms with Crippen molar-refractivity contribution in [2.24, 2.45) is 10.4 Å². The van der Waals surface area contributed by atoms with Crippen LogP contribution < -0.4 is 0 Å². The average Bonchev–Trinajstić information content (AvgIpc) is 3.25. The van der Waals surface area contributed by atoms with Crippen LogP contribution in [0.4, 0.5) is 0 Å². The summed E-state index contributed by atoms with van der Waals surface area (Å²) in [6.07, 6.45) is 4.05. The van der Waals surface area contributed by atoms with E-state index in [1.807, 2.05) is 18.6 Å². The molecule has 0 aliphatic carbocycles. The van der Waals surface area contributed by atoms with E-state index in [1.54, 1.807) is 0 Å². The van der Waals surface area contributed by atoms with E-state index in [0.29, 0.717) is 0 Å². The molecule has 0 saturated heterocycles. The topological polar surface area (TPSA) is 33.4 Å². The van der Waals surface area contributed by atoms with Crippen LogP contribution >= 0.6 is 0 Å². The van der Waals surface area contributed by atoms with Gasteiger partial charge in [-0.15, -0.1) is 35.4 Å². The molecule has 2 aliphatic rings. The Bertz CT molecular complexity index is 1110. The van der Waals surface area contributed by atoms with Gasteiger partial charge in [0.15, 0.2) is 0 Å². The third-order valence-electron chi connectivity index (χ3n) is 5.89. The number of hydrogen-bond acceptors (Lipinski definition) is 3. The predicted molar refractivity (Wildman–Crippen MR) is 124 cm³/mol. The first-order valence-corrected chi connectivity index (χ1v) is 10.3. The normalized spacial score (nSPS) is 18.0. The number of nitrogens with zero attached hydrogens (tertiary/aromatic N) is 4. The molecule has 2 aliphatic heterocycles. The fraction of sp³-hybridized carbons (Fsp3) is 0.346. The third-order valence-corrected chi connectivity index (χ3v) is 5.89. The van der Waals surface area contributed by atoms with Gasteiger partial charge < -0.3 is 16.9 Å². The molecule has 0 spiro atoms. The molecule has 2 radical (unpaired) electrons. The molecular weight excluding hydrogens is 649 g/mol. The van der Waals surface area contributed by atoms with Gasteiger partial charge in [-0.2, -0.15) is 0 Å². The summed E-state index contributed by atoms with van der Waals surface area (Å²) in [5, 5.41) is 0. The minimum atomic E-state index is -0.00726. The fourth-order valence-corrected chi connectivity index (χ4v) is 4.82. The number of aryl methyl sites for hydroxylation is 2. The zero-order chi connectivity index (χ0) is 20.3. The first-order valence-electron chi connectivity index (χ1n) is 10.3. The molecule has 6 heteroatoms. The molecule has 3 heterocycles. The van der Waals surface area contributed by atoms with E-state index in [0.717, 1.165) is 23.6 Å². The van der Waals surface area contributed by atoms with Crippen LogP contribution in [0.1, 0.15) is 49.7 Å². The SMILES string of the molecule is Cc1cccc(C)c1-c1cnc2n1C1N=CN(CC(C)(C)C)C1c1ccc[c-]c1-2.[CH3-].[Ir].[Y]. The van der Waals surface area contributed by atoms with E-state index in [2.05, 4.69) is 80.5 Å². The van der Waals surface area contributed by atoms with Crippen molar-refractivity contribution in [1.82, 2.24) is 14.5 Å². The van der Waals surface area contributed by atoms with Crippen LogP contribution in [0, 0.1) is 32.8 Å². The molecule has 0 N–H and O–H groups in total. The maximum Gasteiger partial charge on any atom is 0.137 e. The molecule has 2 atom stereocenters. The van der Waals surface area contributed by atoms with Gasteiger partial charge in [0, 0.05) is 71.1 Å². The Kier molecular flexibility index (Phi) is 8.49. The maximum atomic E-state index is 4.99. The van der Waals surface area contributed by atoms with E-state index >= 15 is 0 Å². The number of rotatable bonds is 2. The van der Waals surface area contributed by atoms with Crippen molar-refractivity contribution in [3.63, 3.8) is 0 Å². The van der Waals surface area contributed by atoms with Gasteiger partial charge in [0.25, 0.3) is 0 Å². The van der Waals surface area contributed by atoms with Crippen molar-refractivity contribution in [3.8, 4) is 22.6 Å². The molecular formula is C26H30IrN4Y-2. The van der Waals surface area contributed by atoms with Gasteiger partial charge in [0.1, 0.15) is 6.17 Å². The number of benzene rings is 2. The Labute approximate surface area is 231 Å². The van der Waals surface area contributed by atoms with Gasteiger partial charge in [0.05, 0.1) is 23.9 Å². The van der Waals surface area contributed by atoms with Crippen LogP contribution in [0.5, 0.6) is 0 Å². The van der Waals surface area contributed by atoms with Crippen LogP contribution in [0.3, 0.4) is 0 Å². The third kappa shape index (κ3) is 4.47. The molecule has 1 aromatic heterocycles. The number of aromatic nitrogens is 2. The number of imidazole rings is 1. The molecule has 32 heavy (non-hydrogen) atoms. The molecule has 3 aromatic rings. The van der Waals surface area contributed by atoms with E-state index in [4.69, 9.17) is 9.98 Å². The Hall–Kier alpha value is -1.13. The van der Waals surface area contributed by atoms with Crippen molar-refractivity contribution in [3.05, 3.63) is 72.8 Å². The molecule has 0 amide bonds. The van der Waals surface area contributed by atoms with Crippen molar-refractivity contribution in [1.29, 1.82) is 0 Å². The largest absolute Gasteiger partial charge is 0.360 e. The minimum absolute atomic E-state index is 0. The molecule has 2 aromatic carbocycles. The second-order valence-electron chi connectivity index (χ2n) is 9.46. The van der Waals surface area contributed by atoms with Gasteiger partial charge in [-0.1, -0.05) is 39.0 Å². The molecule has 168 valence electrons. The van der Waals surface area contributed by atoms with Gasteiger partial charge in [-0.25, -0.2) is 4.99 Å². The Morgan fingerprint density at radius 2 is 1.75 bits per heavy atom. The summed E-state index contributed by atoms with van der Waals surface area (Å²) in [5.74, 6) is 0.967. The first kappa shape index (κ1) is 27.1. The summed E-state index contributed by atoms with van der Waals surface area (Å²) in [4.78, 5) is 12.2. The summed E-state index contributed by atoms with van der Waals surface area (Å²) in [7, 11) is 0. The van der Waals surface area contributed by atoms with Gasteiger partial charge in [-0.05, 0) is 30.4 Å². The van der Waals surface area contributed by atoms with Gasteiger partial charge >= 0.3 is 0 Å². The summed E-state index contributed by atoms with van der Waals surface area (Å²) in [6, 6.07) is 16.4. The number of aliphatic imine (C=N–C) groups is 1. The minimum Gasteiger partial charge on any atom is -0.360 e. The predicted octanol–water partition coefficient (Wildman–Crippen LogP) is 6.02. The molecule has 2 unspecified atom stereocenters. The van der Waals surface area contributed by atoms with Crippen LogP contribution in [0.2, 0.25) is 0 Å². The molecule has 0 bridgehead atoms. The molecule has 4 nitrogen and oxygen atoms in total. The van der Waals surface area contributed by atoms with Gasteiger partial charge in [-0.3, -0.25) is 4.98 Å². The Balaban J connectivity index is 0.00000121. The summed E-state index contributed by atoms with van der Waals surface area (Å²) in [6.45, 7) is 12.1. The van der Waals surface area contributed by atoms with Crippen molar-refractivity contribution in [2.75, 3.05) is 6.54 Å². The second kappa shape index (κ2) is 10.0. The smallest absolute Gasteiger partial charge is 0.137 e. The summed E-state index contributed by atoms with van der Waals surface area (Å²) in [5.41, 5.74) is 7.48. The zero-order valence-electron chi connectivity index (χ0n) is 19.7. The second-order valence-corrected chi connectivity index (χ2v) is 9.46. The maximum absolute atomic E-state index is 4.99. The van der Waals surface area contributed by atoms with E-state index in [9.17, 15) is 0 Å². The quantitative estimate of drug-likeness (QED) is 0.311. The van der Waals surface area contributed by atoms with Crippen molar-refractivity contribution < 1.29 is 52.8 Å². The van der Waals surface area contributed by atoms with Crippen molar-refractivity contribution in [2.45, 2.75) is 46.8 Å². The number of hydrogen-bond donors (Lipinski definition) is 0. The number of fused-ring (bicyclic) bond motifs is 6. The zero-order valence-corrected chi connectivity index (χ0v) is 24.9. The van der Waals surface area contributed by atoms with Crippen LogP contribution in [-0.4, -0.2) is 27.3 Å². The van der Waals surface area contributed by atoms with E-state index < -0.39 is 0 Å². The fourth-order valence-electron chi connectivity index (χ4n) is 4.82. The monoisotopic (exact) mass is 680 g/mol. The summed E-state index contributed by atoms with van der Waals surface area (Å²) >= 11 is 0. The molecule has 0 saturated carbocycles. The van der Waals surface area contributed by atoms with Crippen LogP contribution in [0.15, 0.2) is 47.6 Å². The van der Waals surface area contributed by atoms with Crippen LogP contribution in [0.25, 0.3) is 22.6 Å².